The number of aliphatic hydroxyl groups excluding tert-OH is 1. The van der Waals surface area contributed by atoms with Crippen LogP contribution in [0.3, 0.4) is 0 Å². The summed E-state index contributed by atoms with van der Waals surface area (Å²) in [6.45, 7) is 3.28. The number of methoxy groups -OCH3 is 2. The maximum atomic E-state index is 12.9. The first kappa shape index (κ1) is 20.3. The summed E-state index contributed by atoms with van der Waals surface area (Å²) < 4.78 is 12.4. The van der Waals surface area contributed by atoms with Crippen LogP contribution in [-0.2, 0) is 0 Å². The van der Waals surface area contributed by atoms with Crippen LogP contribution in [0.2, 0.25) is 0 Å². The number of rotatable bonds is 7. The molecule has 152 valence electrons. The molecular formula is C20H23N5O4. The normalized spacial score (nSPS) is 11.2. The molecule has 0 saturated heterocycles. The summed E-state index contributed by atoms with van der Waals surface area (Å²) >= 11 is 0. The molecule has 0 radical (unpaired) electrons. The van der Waals surface area contributed by atoms with Gasteiger partial charge < -0.3 is 19.9 Å². The highest BCUT2D eigenvalue weighted by Crippen LogP contribution is 2.38. The van der Waals surface area contributed by atoms with Crippen molar-refractivity contribution in [3.8, 4) is 28.3 Å². The Balaban J connectivity index is 2.16. The molecular weight excluding hydrogens is 374 g/mol. The number of tetrazole rings is 1. The van der Waals surface area contributed by atoms with Crippen LogP contribution in [0, 0.1) is 0 Å². The van der Waals surface area contributed by atoms with Gasteiger partial charge in [-0.2, -0.15) is 0 Å². The smallest absolute Gasteiger partial charge is 0.251 e. The second kappa shape index (κ2) is 8.27. The molecule has 9 heteroatoms. The Labute approximate surface area is 168 Å². The number of aromatic nitrogens is 4. The van der Waals surface area contributed by atoms with Crippen LogP contribution in [0.1, 0.15) is 24.2 Å². The zero-order valence-electron chi connectivity index (χ0n) is 16.7. The number of carbonyl (C=O) groups excluding carboxylic acids is 1. The Morgan fingerprint density at radius 2 is 2.00 bits per heavy atom. The average molecular weight is 397 g/mol. The molecule has 1 amide bonds. The lowest BCUT2D eigenvalue weighted by molar-refractivity contribution is 0.0869. The Kier molecular flexibility index (Phi) is 5.79. The van der Waals surface area contributed by atoms with Crippen LogP contribution < -0.4 is 14.8 Å². The third kappa shape index (κ3) is 4.35. The van der Waals surface area contributed by atoms with Gasteiger partial charge in [0.25, 0.3) is 5.91 Å². The quantitative estimate of drug-likeness (QED) is 0.626. The topological polar surface area (TPSA) is 111 Å². The molecule has 2 aromatic carbocycles. The van der Waals surface area contributed by atoms with Crippen molar-refractivity contribution in [3.63, 3.8) is 0 Å². The monoisotopic (exact) mass is 397 g/mol. The maximum Gasteiger partial charge on any atom is 0.251 e. The molecule has 0 fully saturated rings. The number of amides is 1. The molecule has 29 heavy (non-hydrogen) atoms. The van der Waals surface area contributed by atoms with Gasteiger partial charge >= 0.3 is 0 Å². The number of benzene rings is 2. The minimum Gasteiger partial charge on any atom is -0.493 e. The Hall–Kier alpha value is -3.46. The molecule has 1 heterocycles. The van der Waals surface area contributed by atoms with Crippen molar-refractivity contribution in [1.82, 2.24) is 25.5 Å². The van der Waals surface area contributed by atoms with E-state index in [1.807, 2.05) is 18.2 Å². The second-order valence-corrected chi connectivity index (χ2v) is 7.06. The van der Waals surface area contributed by atoms with Crippen molar-refractivity contribution in [2.45, 2.75) is 19.4 Å². The van der Waals surface area contributed by atoms with Crippen molar-refractivity contribution in [2.75, 3.05) is 20.8 Å². The number of nitrogens with zero attached hydrogens (tertiary/aromatic N) is 4. The average Bonchev–Trinajstić information content (AvgIpc) is 3.27. The number of carbonyl (C=O) groups is 1. The highest BCUT2D eigenvalue weighted by Gasteiger charge is 2.22. The first-order valence-corrected chi connectivity index (χ1v) is 8.91. The number of para-hydroxylation sites is 1. The van der Waals surface area contributed by atoms with Crippen molar-refractivity contribution >= 4 is 5.91 Å². The highest BCUT2D eigenvalue weighted by molar-refractivity contribution is 5.97. The van der Waals surface area contributed by atoms with Crippen molar-refractivity contribution < 1.29 is 19.4 Å². The van der Waals surface area contributed by atoms with Gasteiger partial charge in [-0.25, -0.2) is 4.68 Å². The van der Waals surface area contributed by atoms with E-state index in [4.69, 9.17) is 9.47 Å². The van der Waals surface area contributed by atoms with Crippen molar-refractivity contribution in [1.29, 1.82) is 0 Å². The fourth-order valence-electron chi connectivity index (χ4n) is 2.84. The van der Waals surface area contributed by atoms with E-state index in [0.29, 0.717) is 22.7 Å². The third-order valence-electron chi connectivity index (χ3n) is 4.35. The highest BCUT2D eigenvalue weighted by atomic mass is 16.5. The minimum atomic E-state index is -0.768. The first-order chi connectivity index (χ1) is 13.9. The molecule has 3 aromatic rings. The molecule has 0 bridgehead atoms. The molecule has 9 nitrogen and oxygen atoms in total. The van der Waals surface area contributed by atoms with Crippen LogP contribution >= 0.6 is 0 Å². The predicted molar refractivity (Wildman–Crippen MR) is 106 cm³/mol. The zero-order valence-corrected chi connectivity index (χ0v) is 16.7. The summed E-state index contributed by atoms with van der Waals surface area (Å²) in [4.78, 5) is 12.9. The van der Waals surface area contributed by atoms with E-state index < -0.39 is 5.54 Å². The van der Waals surface area contributed by atoms with E-state index in [0.717, 1.165) is 11.1 Å². The van der Waals surface area contributed by atoms with Crippen LogP contribution in [0.15, 0.2) is 42.7 Å². The van der Waals surface area contributed by atoms with Gasteiger partial charge in [-0.1, -0.05) is 12.1 Å². The molecule has 0 aliphatic carbocycles. The Morgan fingerprint density at radius 3 is 2.62 bits per heavy atom. The summed E-state index contributed by atoms with van der Waals surface area (Å²) in [5.41, 5.74) is 1.69. The maximum absolute atomic E-state index is 12.9. The van der Waals surface area contributed by atoms with Gasteiger partial charge in [0.15, 0.2) is 11.5 Å². The molecule has 3 rings (SSSR count). The van der Waals surface area contributed by atoms with Gasteiger partial charge in [0, 0.05) is 11.1 Å². The number of hydrogen-bond acceptors (Lipinski definition) is 7. The molecule has 0 unspecified atom stereocenters. The first-order valence-electron chi connectivity index (χ1n) is 8.91. The van der Waals surface area contributed by atoms with E-state index in [-0.39, 0.29) is 12.5 Å². The van der Waals surface area contributed by atoms with E-state index in [9.17, 15) is 9.90 Å². The number of ether oxygens (including phenoxy) is 2. The SMILES string of the molecule is COc1cccc(-c2cc(C(=O)NC(C)(C)CO)cc(-n3cnnn3)c2)c1OC. The summed E-state index contributed by atoms with van der Waals surface area (Å²) in [6, 6.07) is 10.8. The van der Waals surface area contributed by atoms with Crippen molar-refractivity contribution in [2.24, 2.45) is 0 Å². The molecule has 0 atom stereocenters. The molecule has 0 aliphatic rings. The van der Waals surface area contributed by atoms with Crippen molar-refractivity contribution in [3.05, 3.63) is 48.3 Å². The Bertz CT molecular complexity index is 1000. The molecule has 2 N–H and O–H groups in total. The van der Waals surface area contributed by atoms with E-state index in [1.165, 1.54) is 11.0 Å². The third-order valence-corrected chi connectivity index (χ3v) is 4.35. The summed E-state index contributed by atoms with van der Waals surface area (Å²) in [6.07, 6.45) is 1.45. The lowest BCUT2D eigenvalue weighted by Gasteiger charge is -2.24. The largest absolute Gasteiger partial charge is 0.493 e. The Morgan fingerprint density at radius 1 is 1.21 bits per heavy atom. The van der Waals surface area contributed by atoms with E-state index in [1.54, 1.807) is 46.3 Å². The number of aliphatic hydroxyl groups is 1. The summed E-state index contributed by atoms with van der Waals surface area (Å²) in [5.74, 6) is 0.790. The molecule has 0 aliphatic heterocycles. The van der Waals surface area contributed by atoms with E-state index in [2.05, 4.69) is 20.8 Å². The van der Waals surface area contributed by atoms with Gasteiger partial charge in [0.2, 0.25) is 0 Å². The van der Waals surface area contributed by atoms with Crippen LogP contribution in [0.4, 0.5) is 0 Å². The van der Waals surface area contributed by atoms with Gasteiger partial charge in [-0.05, 0) is 54.1 Å². The number of nitrogens with one attached hydrogen (secondary N) is 1. The number of hydrogen-bond donors (Lipinski definition) is 2. The van der Waals surface area contributed by atoms with Gasteiger partial charge in [0.05, 0.1) is 32.1 Å². The predicted octanol–water partition coefficient (Wildman–Crippen LogP) is 1.85. The van der Waals surface area contributed by atoms with Crippen LogP contribution in [0.25, 0.3) is 16.8 Å². The second-order valence-electron chi connectivity index (χ2n) is 7.06. The van der Waals surface area contributed by atoms with Crippen LogP contribution in [-0.4, -0.2) is 57.6 Å². The molecule has 0 spiro atoms. The van der Waals surface area contributed by atoms with Gasteiger partial charge in [-0.3, -0.25) is 4.79 Å². The lowest BCUT2D eigenvalue weighted by Crippen LogP contribution is -2.46. The fourth-order valence-corrected chi connectivity index (χ4v) is 2.84. The lowest BCUT2D eigenvalue weighted by atomic mass is 9.99. The zero-order chi connectivity index (χ0) is 21.0. The summed E-state index contributed by atoms with van der Waals surface area (Å²) in [5, 5.41) is 23.5. The fraction of sp³-hybridized carbons (Fsp3) is 0.300. The van der Waals surface area contributed by atoms with Gasteiger partial charge in [-0.15, -0.1) is 5.10 Å². The molecule has 1 aromatic heterocycles. The van der Waals surface area contributed by atoms with Crippen LogP contribution in [0.5, 0.6) is 11.5 Å². The molecule has 0 saturated carbocycles. The minimum absolute atomic E-state index is 0.192. The van der Waals surface area contributed by atoms with Gasteiger partial charge in [0.1, 0.15) is 6.33 Å². The van der Waals surface area contributed by atoms with E-state index >= 15 is 0 Å². The standard InChI is InChI=1S/C20H23N5O4/c1-20(2,11-26)22-19(27)14-8-13(9-15(10-14)25-12-21-23-24-25)16-6-5-7-17(28-3)18(16)29-4/h5-10,12,26H,11H2,1-4H3,(H,22,27). The summed E-state index contributed by atoms with van der Waals surface area (Å²) in [7, 11) is 3.12.